The highest BCUT2D eigenvalue weighted by Crippen LogP contribution is 2.19. The second-order valence-corrected chi connectivity index (χ2v) is 8.29. The number of fused-ring (bicyclic) bond motifs is 1. The molecule has 0 radical (unpaired) electrons. The van der Waals surface area contributed by atoms with Crippen molar-refractivity contribution in [2.45, 2.75) is 20.4 Å². The van der Waals surface area contributed by atoms with Gasteiger partial charge in [0, 0.05) is 35.1 Å². The van der Waals surface area contributed by atoms with Crippen LogP contribution in [0, 0.1) is 13.8 Å². The van der Waals surface area contributed by atoms with Crippen molar-refractivity contribution in [3.8, 4) is 11.3 Å². The highest BCUT2D eigenvalue weighted by atomic mass is 16.1. The van der Waals surface area contributed by atoms with Gasteiger partial charge >= 0.3 is 0 Å². The van der Waals surface area contributed by atoms with E-state index in [4.69, 9.17) is 4.98 Å². The fraction of sp³-hybridized carbons (Fsp3) is 0.107. The van der Waals surface area contributed by atoms with Gasteiger partial charge in [-0.15, -0.1) is 0 Å². The third-order valence-electron chi connectivity index (χ3n) is 6.00. The number of carbonyl (C=O) groups is 1. The van der Waals surface area contributed by atoms with E-state index in [-0.39, 0.29) is 16.8 Å². The van der Waals surface area contributed by atoms with Crippen LogP contribution >= 0.6 is 0 Å². The SMILES string of the molecule is Cc1ccc(C(=O)c2cn(Cc3cccc(-c4cncnc4)n3)c3ccccc3c2=O)cc1C. The fourth-order valence-corrected chi connectivity index (χ4v) is 4.01. The first-order chi connectivity index (χ1) is 16.5. The summed E-state index contributed by atoms with van der Waals surface area (Å²) in [7, 11) is 0. The Morgan fingerprint density at radius 1 is 0.912 bits per heavy atom. The van der Waals surface area contributed by atoms with Crippen LogP contribution in [0.15, 0.2) is 90.4 Å². The number of pyridine rings is 2. The number of benzene rings is 2. The van der Waals surface area contributed by atoms with Gasteiger partial charge in [-0.2, -0.15) is 0 Å². The Hall–Kier alpha value is -4.45. The Labute approximate surface area is 196 Å². The second-order valence-electron chi connectivity index (χ2n) is 8.29. The molecule has 166 valence electrons. The first-order valence-electron chi connectivity index (χ1n) is 11.0. The highest BCUT2D eigenvalue weighted by Gasteiger charge is 2.18. The van der Waals surface area contributed by atoms with Gasteiger partial charge in [0.25, 0.3) is 0 Å². The lowest BCUT2D eigenvalue weighted by Crippen LogP contribution is -2.20. The van der Waals surface area contributed by atoms with Crippen LogP contribution in [0.3, 0.4) is 0 Å². The largest absolute Gasteiger partial charge is 0.340 e. The Morgan fingerprint density at radius 2 is 1.71 bits per heavy atom. The van der Waals surface area contributed by atoms with E-state index in [1.807, 2.05) is 66.9 Å². The van der Waals surface area contributed by atoms with Gasteiger partial charge in [-0.3, -0.25) is 14.6 Å². The van der Waals surface area contributed by atoms with E-state index in [0.717, 1.165) is 33.6 Å². The molecule has 6 heteroatoms. The zero-order valence-electron chi connectivity index (χ0n) is 18.9. The Bertz CT molecular complexity index is 1590. The zero-order valence-corrected chi connectivity index (χ0v) is 18.9. The van der Waals surface area contributed by atoms with Crippen LogP contribution < -0.4 is 5.43 Å². The number of aryl methyl sites for hydroxylation is 2. The molecule has 2 aromatic carbocycles. The third-order valence-corrected chi connectivity index (χ3v) is 6.00. The van der Waals surface area contributed by atoms with Gasteiger partial charge in [-0.25, -0.2) is 9.97 Å². The van der Waals surface area contributed by atoms with Gasteiger partial charge in [0.05, 0.1) is 29.0 Å². The lowest BCUT2D eigenvalue weighted by molar-refractivity contribution is 0.103. The number of nitrogens with zero attached hydrogens (tertiary/aromatic N) is 4. The first-order valence-corrected chi connectivity index (χ1v) is 11.0. The van der Waals surface area contributed by atoms with Crippen molar-refractivity contribution in [3.05, 3.63) is 124 Å². The van der Waals surface area contributed by atoms with Crippen molar-refractivity contribution in [1.29, 1.82) is 0 Å². The highest BCUT2D eigenvalue weighted by molar-refractivity contribution is 6.10. The normalized spacial score (nSPS) is 11.0. The molecule has 3 heterocycles. The van der Waals surface area contributed by atoms with Crippen molar-refractivity contribution in [2.75, 3.05) is 0 Å². The number of para-hydroxylation sites is 1. The maximum Gasteiger partial charge on any atom is 0.200 e. The minimum absolute atomic E-state index is 0.148. The molecule has 34 heavy (non-hydrogen) atoms. The average Bonchev–Trinajstić information content (AvgIpc) is 2.88. The zero-order chi connectivity index (χ0) is 23.7. The predicted octanol–water partition coefficient (Wildman–Crippen LogP) is 4.75. The van der Waals surface area contributed by atoms with Crippen LogP contribution in [-0.2, 0) is 6.54 Å². The number of rotatable bonds is 5. The first kappa shape index (κ1) is 21.4. The van der Waals surface area contributed by atoms with Gasteiger partial charge in [0.15, 0.2) is 5.78 Å². The molecule has 5 rings (SSSR count). The van der Waals surface area contributed by atoms with Crippen LogP contribution in [0.25, 0.3) is 22.2 Å². The van der Waals surface area contributed by atoms with Gasteiger partial charge < -0.3 is 4.57 Å². The second kappa shape index (κ2) is 8.83. The minimum atomic E-state index is -0.282. The summed E-state index contributed by atoms with van der Waals surface area (Å²) >= 11 is 0. The average molecular weight is 447 g/mol. The van der Waals surface area contributed by atoms with Crippen LogP contribution in [0.5, 0.6) is 0 Å². The summed E-state index contributed by atoms with van der Waals surface area (Å²) in [6, 6.07) is 18.6. The maximum atomic E-state index is 13.4. The molecule has 3 aromatic heterocycles. The van der Waals surface area contributed by atoms with E-state index in [1.165, 1.54) is 6.33 Å². The molecule has 0 amide bonds. The fourth-order valence-electron chi connectivity index (χ4n) is 4.01. The van der Waals surface area contributed by atoms with Gasteiger partial charge in [-0.1, -0.05) is 30.3 Å². The van der Waals surface area contributed by atoms with Gasteiger partial charge in [0.2, 0.25) is 5.43 Å². The lowest BCUT2D eigenvalue weighted by atomic mass is 9.99. The molecule has 6 nitrogen and oxygen atoms in total. The van der Waals surface area contributed by atoms with E-state index in [1.54, 1.807) is 30.7 Å². The Morgan fingerprint density at radius 3 is 2.50 bits per heavy atom. The van der Waals surface area contributed by atoms with Crippen molar-refractivity contribution in [1.82, 2.24) is 19.5 Å². The Balaban J connectivity index is 1.61. The Kier molecular flexibility index (Phi) is 5.55. The van der Waals surface area contributed by atoms with Crippen LogP contribution in [0.2, 0.25) is 0 Å². The summed E-state index contributed by atoms with van der Waals surface area (Å²) < 4.78 is 1.92. The predicted molar refractivity (Wildman–Crippen MR) is 132 cm³/mol. The van der Waals surface area contributed by atoms with E-state index >= 15 is 0 Å². The van der Waals surface area contributed by atoms with Crippen molar-refractivity contribution in [2.24, 2.45) is 0 Å². The van der Waals surface area contributed by atoms with E-state index in [9.17, 15) is 9.59 Å². The maximum absolute atomic E-state index is 13.4. The molecule has 0 saturated heterocycles. The molecular weight excluding hydrogens is 424 g/mol. The topological polar surface area (TPSA) is 77.7 Å². The summed E-state index contributed by atoms with van der Waals surface area (Å²) in [6.07, 6.45) is 6.57. The van der Waals surface area contributed by atoms with Gasteiger partial charge in [0.1, 0.15) is 6.33 Å². The number of aromatic nitrogens is 4. The van der Waals surface area contributed by atoms with Crippen LogP contribution in [0.4, 0.5) is 0 Å². The molecule has 0 N–H and O–H groups in total. The number of ketones is 1. The molecule has 5 aromatic rings. The van der Waals surface area contributed by atoms with Gasteiger partial charge in [-0.05, 0) is 55.3 Å². The molecule has 0 fully saturated rings. The van der Waals surface area contributed by atoms with Crippen molar-refractivity contribution >= 4 is 16.7 Å². The number of carbonyl (C=O) groups excluding carboxylic acids is 1. The quantitative estimate of drug-likeness (QED) is 0.364. The molecule has 0 unspecified atom stereocenters. The minimum Gasteiger partial charge on any atom is -0.340 e. The summed E-state index contributed by atoms with van der Waals surface area (Å²) in [4.78, 5) is 39.5. The summed E-state index contributed by atoms with van der Waals surface area (Å²) in [5.41, 5.74) is 5.62. The monoisotopic (exact) mass is 446 g/mol. The van der Waals surface area contributed by atoms with Crippen molar-refractivity contribution < 1.29 is 4.79 Å². The molecule has 0 aliphatic rings. The summed E-state index contributed by atoms with van der Waals surface area (Å²) in [5.74, 6) is -0.282. The van der Waals surface area contributed by atoms with Crippen LogP contribution in [0.1, 0.15) is 32.7 Å². The molecule has 0 atom stereocenters. The number of hydrogen-bond donors (Lipinski definition) is 0. The molecule has 0 saturated carbocycles. The third kappa shape index (κ3) is 4.01. The smallest absolute Gasteiger partial charge is 0.200 e. The summed E-state index contributed by atoms with van der Waals surface area (Å²) in [5, 5.41) is 0.504. The molecular formula is C28H22N4O2. The van der Waals surface area contributed by atoms with E-state index < -0.39 is 0 Å². The van der Waals surface area contributed by atoms with E-state index in [0.29, 0.717) is 17.5 Å². The van der Waals surface area contributed by atoms with Crippen LogP contribution in [-0.4, -0.2) is 25.3 Å². The molecule has 0 aliphatic heterocycles. The standard InChI is InChI=1S/C28H22N4O2/c1-18-10-11-20(12-19(18)2)27(33)24-16-32(26-9-4-3-7-23(26)28(24)34)15-22-6-5-8-25(31-22)21-13-29-17-30-14-21/h3-14,16-17H,15H2,1-2H3. The summed E-state index contributed by atoms with van der Waals surface area (Å²) in [6.45, 7) is 4.35. The number of hydrogen-bond acceptors (Lipinski definition) is 5. The molecule has 0 aliphatic carbocycles. The van der Waals surface area contributed by atoms with Crippen molar-refractivity contribution in [3.63, 3.8) is 0 Å². The molecule has 0 bridgehead atoms. The molecule has 0 spiro atoms. The lowest BCUT2D eigenvalue weighted by Gasteiger charge is -2.14. The van der Waals surface area contributed by atoms with E-state index in [2.05, 4.69) is 9.97 Å².